The molecular formula is C19H18N4O2S. The number of anilines is 1. The van der Waals surface area contributed by atoms with E-state index < -0.39 is 5.25 Å². The Labute approximate surface area is 155 Å². The molecule has 0 fully saturated rings. The van der Waals surface area contributed by atoms with Gasteiger partial charge in [0.2, 0.25) is 11.8 Å². The molecule has 1 aliphatic heterocycles. The quantitative estimate of drug-likeness (QED) is 0.744. The molecule has 1 atom stereocenters. The Morgan fingerprint density at radius 1 is 1.35 bits per heavy atom. The number of rotatable bonds is 4. The van der Waals surface area contributed by atoms with Crippen LogP contribution in [0.15, 0.2) is 53.7 Å². The maximum absolute atomic E-state index is 12.3. The standard InChI is InChI=1S/C19H18N4O2S/c1-12-6-7-23-11-13(21-17(23)8-12)10-20-18(24)9-16-19(25)22-14-4-2-3-5-15(14)26-16/h2-8,11,16H,9-10H2,1H3,(H,20,24)(H,22,25). The van der Waals surface area contributed by atoms with Crippen LogP contribution in [0.3, 0.4) is 0 Å². The summed E-state index contributed by atoms with van der Waals surface area (Å²) in [5.74, 6) is -0.294. The number of benzene rings is 1. The van der Waals surface area contributed by atoms with Gasteiger partial charge in [0.15, 0.2) is 0 Å². The maximum atomic E-state index is 12.3. The van der Waals surface area contributed by atoms with Crippen LogP contribution in [0.5, 0.6) is 0 Å². The molecule has 4 rings (SSSR count). The molecule has 2 N–H and O–H groups in total. The van der Waals surface area contributed by atoms with Crippen LogP contribution in [0.25, 0.3) is 5.65 Å². The number of nitrogens with one attached hydrogen (secondary N) is 2. The first-order valence-electron chi connectivity index (χ1n) is 8.36. The van der Waals surface area contributed by atoms with Gasteiger partial charge in [0.25, 0.3) is 0 Å². The summed E-state index contributed by atoms with van der Waals surface area (Å²) in [6.07, 6.45) is 3.98. The zero-order valence-electron chi connectivity index (χ0n) is 14.2. The zero-order chi connectivity index (χ0) is 18.1. The zero-order valence-corrected chi connectivity index (χ0v) is 15.0. The minimum absolute atomic E-state index is 0.132. The molecule has 0 bridgehead atoms. The predicted molar refractivity (Wildman–Crippen MR) is 101 cm³/mol. The number of para-hydroxylation sites is 1. The predicted octanol–water partition coefficient (Wildman–Crippen LogP) is 2.76. The van der Waals surface area contributed by atoms with Crippen molar-refractivity contribution in [2.24, 2.45) is 0 Å². The third kappa shape index (κ3) is 3.43. The number of carbonyl (C=O) groups is 2. The van der Waals surface area contributed by atoms with Crippen molar-refractivity contribution in [3.8, 4) is 0 Å². The van der Waals surface area contributed by atoms with E-state index in [1.54, 1.807) is 0 Å². The van der Waals surface area contributed by atoms with Gasteiger partial charge in [-0.05, 0) is 36.8 Å². The van der Waals surface area contributed by atoms with E-state index in [1.807, 2.05) is 60.1 Å². The van der Waals surface area contributed by atoms with E-state index in [4.69, 9.17) is 0 Å². The number of nitrogens with zero attached hydrogens (tertiary/aromatic N) is 2. The molecule has 0 radical (unpaired) electrons. The van der Waals surface area contributed by atoms with Gasteiger partial charge >= 0.3 is 0 Å². The highest BCUT2D eigenvalue weighted by Gasteiger charge is 2.28. The fourth-order valence-corrected chi connectivity index (χ4v) is 3.99. The van der Waals surface area contributed by atoms with Crippen LogP contribution in [-0.2, 0) is 16.1 Å². The Morgan fingerprint density at radius 2 is 2.19 bits per heavy atom. The lowest BCUT2D eigenvalue weighted by molar-refractivity contribution is -0.124. The number of imidazole rings is 1. The number of thioether (sulfide) groups is 1. The molecule has 0 saturated carbocycles. The lowest BCUT2D eigenvalue weighted by atomic mass is 10.2. The van der Waals surface area contributed by atoms with Crippen molar-refractivity contribution in [3.05, 3.63) is 60.0 Å². The number of aromatic nitrogens is 2. The second-order valence-corrected chi connectivity index (χ2v) is 7.52. The Morgan fingerprint density at radius 3 is 3.08 bits per heavy atom. The Bertz CT molecular complexity index is 998. The number of fused-ring (bicyclic) bond motifs is 2. The largest absolute Gasteiger partial charge is 0.350 e. The third-order valence-corrected chi connectivity index (χ3v) is 5.48. The molecule has 3 heterocycles. The molecule has 2 aromatic heterocycles. The van der Waals surface area contributed by atoms with E-state index in [1.165, 1.54) is 11.8 Å². The van der Waals surface area contributed by atoms with Gasteiger partial charge in [0.05, 0.1) is 23.2 Å². The molecule has 26 heavy (non-hydrogen) atoms. The van der Waals surface area contributed by atoms with E-state index in [0.717, 1.165) is 27.5 Å². The molecule has 3 aromatic rings. The van der Waals surface area contributed by atoms with Gasteiger partial charge < -0.3 is 15.0 Å². The van der Waals surface area contributed by atoms with E-state index in [2.05, 4.69) is 15.6 Å². The average molecular weight is 366 g/mol. The summed E-state index contributed by atoms with van der Waals surface area (Å²) in [7, 11) is 0. The SMILES string of the molecule is Cc1ccn2cc(CNC(=O)CC3Sc4ccccc4NC3=O)nc2c1. The fraction of sp³-hybridized carbons (Fsp3) is 0.211. The summed E-state index contributed by atoms with van der Waals surface area (Å²) in [5.41, 5.74) is 3.58. The molecule has 1 aliphatic rings. The lowest BCUT2D eigenvalue weighted by Gasteiger charge is -2.23. The second kappa shape index (κ2) is 6.84. The Balaban J connectivity index is 1.37. The summed E-state index contributed by atoms with van der Waals surface area (Å²) in [4.78, 5) is 29.9. The first-order valence-corrected chi connectivity index (χ1v) is 9.24. The van der Waals surface area contributed by atoms with Crippen LogP contribution < -0.4 is 10.6 Å². The molecule has 0 aliphatic carbocycles. The number of pyridine rings is 1. The molecule has 6 nitrogen and oxygen atoms in total. The van der Waals surface area contributed by atoms with Gasteiger partial charge in [-0.15, -0.1) is 11.8 Å². The number of hydrogen-bond donors (Lipinski definition) is 2. The van der Waals surface area contributed by atoms with Crippen LogP contribution >= 0.6 is 11.8 Å². The summed E-state index contributed by atoms with van der Waals surface area (Å²) in [5, 5.41) is 5.29. The van der Waals surface area contributed by atoms with Crippen molar-refractivity contribution in [1.82, 2.24) is 14.7 Å². The van der Waals surface area contributed by atoms with Crippen LogP contribution in [0.1, 0.15) is 17.7 Å². The van der Waals surface area contributed by atoms with Gasteiger partial charge in [-0.2, -0.15) is 0 Å². The van der Waals surface area contributed by atoms with Gasteiger partial charge in [0.1, 0.15) is 5.65 Å². The first kappa shape index (κ1) is 16.7. The summed E-state index contributed by atoms with van der Waals surface area (Å²) in [6.45, 7) is 2.36. The minimum atomic E-state index is -0.423. The molecular weight excluding hydrogens is 348 g/mol. The van der Waals surface area contributed by atoms with E-state index in [9.17, 15) is 9.59 Å². The fourth-order valence-electron chi connectivity index (χ4n) is 2.88. The van der Waals surface area contributed by atoms with Gasteiger partial charge in [-0.25, -0.2) is 4.98 Å². The number of amides is 2. The second-order valence-electron chi connectivity index (χ2n) is 6.27. The normalized spacial score (nSPS) is 16.2. The molecule has 2 amide bonds. The summed E-state index contributed by atoms with van der Waals surface area (Å²) >= 11 is 1.43. The number of aryl methyl sites for hydroxylation is 1. The average Bonchev–Trinajstić information content (AvgIpc) is 3.02. The maximum Gasteiger partial charge on any atom is 0.238 e. The third-order valence-electron chi connectivity index (χ3n) is 4.21. The van der Waals surface area contributed by atoms with E-state index in [-0.39, 0.29) is 18.2 Å². The van der Waals surface area contributed by atoms with Crippen LogP contribution in [0, 0.1) is 6.92 Å². The van der Waals surface area contributed by atoms with Gasteiger partial charge in [-0.3, -0.25) is 9.59 Å². The van der Waals surface area contributed by atoms with Crippen LogP contribution in [0.4, 0.5) is 5.69 Å². The van der Waals surface area contributed by atoms with Gasteiger partial charge in [-0.1, -0.05) is 12.1 Å². The van der Waals surface area contributed by atoms with E-state index in [0.29, 0.717) is 6.54 Å². The van der Waals surface area contributed by atoms with Crippen LogP contribution in [0.2, 0.25) is 0 Å². The molecule has 0 saturated heterocycles. The molecule has 7 heteroatoms. The highest BCUT2D eigenvalue weighted by Crippen LogP contribution is 2.36. The van der Waals surface area contributed by atoms with Crippen molar-refractivity contribution in [1.29, 1.82) is 0 Å². The monoisotopic (exact) mass is 366 g/mol. The highest BCUT2D eigenvalue weighted by atomic mass is 32.2. The highest BCUT2D eigenvalue weighted by molar-refractivity contribution is 8.01. The summed E-state index contributed by atoms with van der Waals surface area (Å²) in [6, 6.07) is 11.6. The van der Waals surface area contributed by atoms with Crippen molar-refractivity contribution in [3.63, 3.8) is 0 Å². The van der Waals surface area contributed by atoms with Crippen molar-refractivity contribution in [2.75, 3.05) is 5.32 Å². The van der Waals surface area contributed by atoms with Crippen molar-refractivity contribution in [2.45, 2.75) is 30.0 Å². The lowest BCUT2D eigenvalue weighted by Crippen LogP contribution is -2.34. The van der Waals surface area contributed by atoms with E-state index >= 15 is 0 Å². The van der Waals surface area contributed by atoms with Crippen molar-refractivity contribution < 1.29 is 9.59 Å². The minimum Gasteiger partial charge on any atom is -0.350 e. The molecule has 132 valence electrons. The number of hydrogen-bond acceptors (Lipinski definition) is 4. The smallest absolute Gasteiger partial charge is 0.238 e. The Kier molecular flexibility index (Phi) is 4.38. The Hall–Kier alpha value is -2.80. The van der Waals surface area contributed by atoms with Gasteiger partial charge in [0, 0.05) is 23.7 Å². The number of carbonyl (C=O) groups excluding carboxylic acids is 2. The molecule has 0 spiro atoms. The topological polar surface area (TPSA) is 75.5 Å². The first-order chi connectivity index (χ1) is 12.6. The molecule has 1 aromatic carbocycles. The molecule has 1 unspecified atom stereocenters. The van der Waals surface area contributed by atoms with Crippen LogP contribution in [-0.4, -0.2) is 26.4 Å². The summed E-state index contributed by atoms with van der Waals surface area (Å²) < 4.78 is 1.93. The van der Waals surface area contributed by atoms with Crippen molar-refractivity contribution >= 4 is 34.9 Å².